The highest BCUT2D eigenvalue weighted by molar-refractivity contribution is 5.94. The number of nitrogens with one attached hydrogen (secondary N) is 2. The second kappa shape index (κ2) is 11.8. The molecule has 0 spiro atoms. The summed E-state index contributed by atoms with van der Waals surface area (Å²) in [7, 11) is 0. The summed E-state index contributed by atoms with van der Waals surface area (Å²) in [5.41, 5.74) is 15.6. The number of guanidine groups is 1. The molecule has 3 unspecified atom stereocenters. The van der Waals surface area contributed by atoms with E-state index >= 15 is 0 Å². The summed E-state index contributed by atoms with van der Waals surface area (Å²) in [6.45, 7) is -0.547. The molecule has 0 radical (unpaired) electrons. The maximum Gasteiger partial charge on any atom is 0.326 e. The molecule has 1 aliphatic heterocycles. The summed E-state index contributed by atoms with van der Waals surface area (Å²) in [5, 5.41) is 23.4. The lowest BCUT2D eigenvalue weighted by Crippen LogP contribution is -2.56. The van der Waals surface area contributed by atoms with Crippen molar-refractivity contribution in [3.05, 3.63) is 0 Å². The zero-order chi connectivity index (χ0) is 22.0. The summed E-state index contributed by atoms with van der Waals surface area (Å²) in [5.74, 6) is -3.20. The predicted octanol–water partition coefficient (Wildman–Crippen LogP) is -3.96. The molecule has 29 heavy (non-hydrogen) atoms. The van der Waals surface area contributed by atoms with E-state index in [1.54, 1.807) is 0 Å². The quantitative estimate of drug-likeness (QED) is 0.0990. The highest BCUT2D eigenvalue weighted by Crippen LogP contribution is 2.19. The minimum absolute atomic E-state index is 0.102. The van der Waals surface area contributed by atoms with Crippen molar-refractivity contribution in [2.24, 2.45) is 22.2 Å². The third-order valence-electron chi connectivity index (χ3n) is 4.40. The molecule has 1 aliphatic rings. The summed E-state index contributed by atoms with van der Waals surface area (Å²) in [6, 6.07) is -3.29. The number of nitrogens with zero attached hydrogens (tertiary/aromatic N) is 2. The van der Waals surface area contributed by atoms with Crippen LogP contribution in [0.25, 0.3) is 0 Å². The van der Waals surface area contributed by atoms with E-state index < -0.39 is 48.4 Å². The van der Waals surface area contributed by atoms with Crippen molar-refractivity contribution in [1.82, 2.24) is 15.5 Å². The van der Waals surface area contributed by atoms with Gasteiger partial charge in [0.2, 0.25) is 17.7 Å². The Bertz CT molecular complexity index is 637. The van der Waals surface area contributed by atoms with Gasteiger partial charge in [-0.2, -0.15) is 0 Å². The van der Waals surface area contributed by atoms with Gasteiger partial charge in [0.1, 0.15) is 18.1 Å². The Morgan fingerprint density at radius 1 is 1.17 bits per heavy atom. The number of nitrogens with two attached hydrogens (primary N) is 3. The first-order valence-corrected chi connectivity index (χ1v) is 9.20. The van der Waals surface area contributed by atoms with Gasteiger partial charge in [-0.1, -0.05) is 0 Å². The molecule has 1 rings (SSSR count). The number of aliphatic imine (C=N–C) groups is 1. The second-order valence-corrected chi connectivity index (χ2v) is 6.54. The van der Waals surface area contributed by atoms with Crippen LogP contribution >= 0.6 is 0 Å². The van der Waals surface area contributed by atoms with E-state index in [0.29, 0.717) is 19.3 Å². The lowest BCUT2D eigenvalue weighted by Gasteiger charge is -2.28. The average Bonchev–Trinajstić information content (AvgIpc) is 3.17. The summed E-state index contributed by atoms with van der Waals surface area (Å²) in [4.78, 5) is 53.0. The van der Waals surface area contributed by atoms with Crippen molar-refractivity contribution in [2.75, 3.05) is 26.2 Å². The molecule has 3 atom stereocenters. The number of hydrogen-bond donors (Lipinski definition) is 7. The van der Waals surface area contributed by atoms with Crippen LogP contribution in [0.15, 0.2) is 4.99 Å². The average molecular weight is 415 g/mol. The van der Waals surface area contributed by atoms with Crippen LogP contribution in [0, 0.1) is 0 Å². The molecule has 1 saturated heterocycles. The molecule has 0 aromatic heterocycles. The van der Waals surface area contributed by atoms with Gasteiger partial charge >= 0.3 is 5.97 Å². The van der Waals surface area contributed by atoms with Gasteiger partial charge in [0.25, 0.3) is 0 Å². The number of aliphatic hydroxyl groups excluding tert-OH is 1. The zero-order valence-corrected chi connectivity index (χ0v) is 16.0. The molecule has 13 heteroatoms. The Kier molecular flexibility index (Phi) is 9.82. The van der Waals surface area contributed by atoms with E-state index in [9.17, 15) is 29.4 Å². The molecule has 1 heterocycles. The highest BCUT2D eigenvalue weighted by Gasteiger charge is 2.38. The smallest absolute Gasteiger partial charge is 0.326 e. The predicted molar refractivity (Wildman–Crippen MR) is 102 cm³/mol. The Morgan fingerprint density at radius 2 is 1.86 bits per heavy atom. The fourth-order valence-corrected chi connectivity index (χ4v) is 2.97. The number of carbonyl (C=O) groups excluding carboxylic acids is 3. The Hall–Kier alpha value is -2.93. The van der Waals surface area contributed by atoms with E-state index in [2.05, 4.69) is 15.6 Å². The lowest BCUT2D eigenvalue weighted by molar-refractivity contribution is -0.145. The fraction of sp³-hybridized carbons (Fsp3) is 0.688. The summed E-state index contributed by atoms with van der Waals surface area (Å²) >= 11 is 0. The Balaban J connectivity index is 2.74. The molecule has 0 aromatic rings. The van der Waals surface area contributed by atoms with Crippen LogP contribution in [0.1, 0.15) is 25.7 Å². The van der Waals surface area contributed by atoms with Crippen LogP contribution in [-0.4, -0.2) is 89.1 Å². The first kappa shape index (κ1) is 24.1. The maximum absolute atomic E-state index is 12.6. The van der Waals surface area contributed by atoms with Gasteiger partial charge in [-0.15, -0.1) is 0 Å². The first-order valence-electron chi connectivity index (χ1n) is 9.20. The number of aliphatic hydroxyl groups is 1. The highest BCUT2D eigenvalue weighted by atomic mass is 16.4. The number of rotatable bonds is 11. The molecular weight excluding hydrogens is 386 g/mol. The van der Waals surface area contributed by atoms with E-state index in [0.717, 1.165) is 0 Å². The van der Waals surface area contributed by atoms with Gasteiger partial charge in [-0.25, -0.2) is 4.79 Å². The van der Waals surface area contributed by atoms with E-state index in [1.165, 1.54) is 4.90 Å². The molecule has 1 fully saturated rings. The van der Waals surface area contributed by atoms with Gasteiger partial charge < -0.3 is 42.9 Å². The fourth-order valence-electron chi connectivity index (χ4n) is 2.97. The number of carboxylic acid groups (broad SMARTS) is 1. The van der Waals surface area contributed by atoms with E-state index in [-0.39, 0.29) is 32.0 Å². The van der Waals surface area contributed by atoms with Crippen LogP contribution in [-0.2, 0) is 19.2 Å². The number of carbonyl (C=O) groups is 4. The van der Waals surface area contributed by atoms with Gasteiger partial charge in [0, 0.05) is 13.1 Å². The molecule has 10 N–H and O–H groups in total. The minimum Gasteiger partial charge on any atom is -0.480 e. The number of amides is 3. The Labute approximate surface area is 167 Å². The molecular formula is C16H29N7O6. The first-order chi connectivity index (χ1) is 13.7. The van der Waals surface area contributed by atoms with Gasteiger partial charge in [-0.05, 0) is 25.7 Å². The largest absolute Gasteiger partial charge is 0.480 e. The lowest BCUT2D eigenvalue weighted by atomic mass is 10.1. The van der Waals surface area contributed by atoms with Crippen molar-refractivity contribution >= 4 is 29.7 Å². The number of likely N-dealkylation sites (tertiary alicyclic amines) is 1. The SMILES string of the molecule is NCC(=O)NC(CO)C(=O)N1CCCC1C(=O)NC(CCCN=C(N)N)C(=O)O. The van der Waals surface area contributed by atoms with Crippen LogP contribution in [0.2, 0.25) is 0 Å². The van der Waals surface area contributed by atoms with Crippen molar-refractivity contribution in [2.45, 2.75) is 43.8 Å². The van der Waals surface area contributed by atoms with Crippen LogP contribution in [0.5, 0.6) is 0 Å². The van der Waals surface area contributed by atoms with Gasteiger partial charge in [0.05, 0.1) is 13.2 Å². The topological polar surface area (TPSA) is 226 Å². The molecule has 164 valence electrons. The molecule has 13 nitrogen and oxygen atoms in total. The van der Waals surface area contributed by atoms with Crippen molar-refractivity contribution < 1.29 is 29.4 Å². The van der Waals surface area contributed by atoms with E-state index in [4.69, 9.17) is 17.2 Å². The van der Waals surface area contributed by atoms with Crippen LogP contribution in [0.3, 0.4) is 0 Å². The summed E-state index contributed by atoms with van der Waals surface area (Å²) in [6.07, 6.45) is 1.29. The monoisotopic (exact) mass is 415 g/mol. The number of aliphatic carboxylic acids is 1. The van der Waals surface area contributed by atoms with Crippen molar-refractivity contribution in [3.8, 4) is 0 Å². The van der Waals surface area contributed by atoms with Crippen LogP contribution < -0.4 is 27.8 Å². The Morgan fingerprint density at radius 3 is 2.41 bits per heavy atom. The molecule has 0 aliphatic carbocycles. The third kappa shape index (κ3) is 7.54. The number of hydrogen-bond acceptors (Lipinski definition) is 7. The summed E-state index contributed by atoms with van der Waals surface area (Å²) < 4.78 is 0. The van der Waals surface area contributed by atoms with Gasteiger partial charge in [-0.3, -0.25) is 19.4 Å². The molecule has 0 aromatic carbocycles. The van der Waals surface area contributed by atoms with Crippen LogP contribution in [0.4, 0.5) is 0 Å². The third-order valence-corrected chi connectivity index (χ3v) is 4.40. The second-order valence-electron chi connectivity index (χ2n) is 6.54. The molecule has 0 saturated carbocycles. The molecule has 3 amide bonds. The standard InChI is InChI=1S/C16H29N7O6/c17-7-12(25)21-10(8-24)14(27)23-6-2-4-11(23)13(26)22-9(15(28)29)3-1-5-20-16(18)19/h9-11,24H,1-8,17H2,(H,21,25)(H,22,26)(H,28,29)(H4,18,19,20). The minimum atomic E-state index is -1.23. The van der Waals surface area contributed by atoms with E-state index in [1.807, 2.05) is 0 Å². The van der Waals surface area contributed by atoms with Crippen molar-refractivity contribution in [3.63, 3.8) is 0 Å². The van der Waals surface area contributed by atoms with Gasteiger partial charge in [0.15, 0.2) is 5.96 Å². The zero-order valence-electron chi connectivity index (χ0n) is 16.0. The molecule has 0 bridgehead atoms. The number of carboxylic acids is 1. The normalized spacial score (nSPS) is 17.9. The van der Waals surface area contributed by atoms with Crippen molar-refractivity contribution in [1.29, 1.82) is 0 Å². The maximum atomic E-state index is 12.6.